The summed E-state index contributed by atoms with van der Waals surface area (Å²) in [5.74, 6) is 0. The zero-order valence-corrected chi connectivity index (χ0v) is 18.1. The van der Waals surface area contributed by atoms with E-state index in [-0.39, 0.29) is 13.2 Å². The largest absolute Gasteiger partial charge is 0.443 e. The molecule has 0 radical (unpaired) electrons. The van der Waals surface area contributed by atoms with Gasteiger partial charge in [0.25, 0.3) is 0 Å². The predicted molar refractivity (Wildman–Crippen MR) is 110 cm³/mol. The molecule has 0 aliphatic heterocycles. The van der Waals surface area contributed by atoms with Gasteiger partial charge in [-0.3, -0.25) is 0 Å². The molecular formula is C21H25BrN2O4. The Morgan fingerprint density at radius 2 is 1.54 bits per heavy atom. The first-order valence-electron chi connectivity index (χ1n) is 8.85. The molecule has 7 heteroatoms. The number of hydrazine groups is 1. The van der Waals surface area contributed by atoms with Crippen LogP contribution in [0.5, 0.6) is 0 Å². The van der Waals surface area contributed by atoms with E-state index in [4.69, 9.17) is 9.47 Å². The summed E-state index contributed by atoms with van der Waals surface area (Å²) in [6, 6.07) is 16.8. The summed E-state index contributed by atoms with van der Waals surface area (Å²) in [4.78, 5) is 25.2. The molecule has 0 saturated heterocycles. The highest BCUT2D eigenvalue weighted by Gasteiger charge is 2.29. The summed E-state index contributed by atoms with van der Waals surface area (Å²) in [7, 11) is 1.48. The van der Waals surface area contributed by atoms with Gasteiger partial charge in [-0.1, -0.05) is 58.4 Å². The molecule has 2 rings (SSSR count). The SMILES string of the molecule is CN(C(=O)OCc1ccccc1)N(Cc1ccc(Br)cc1)C(=O)OC(C)(C)C. The zero-order valence-electron chi connectivity index (χ0n) is 16.5. The lowest BCUT2D eigenvalue weighted by Crippen LogP contribution is -2.49. The molecular weight excluding hydrogens is 424 g/mol. The topological polar surface area (TPSA) is 59.1 Å². The summed E-state index contributed by atoms with van der Waals surface area (Å²) >= 11 is 3.39. The Morgan fingerprint density at radius 1 is 0.929 bits per heavy atom. The normalized spacial score (nSPS) is 10.9. The van der Waals surface area contributed by atoms with Gasteiger partial charge in [-0.25, -0.2) is 19.6 Å². The molecule has 0 bridgehead atoms. The van der Waals surface area contributed by atoms with Gasteiger partial charge in [0.1, 0.15) is 12.2 Å². The zero-order chi connectivity index (χ0) is 20.7. The van der Waals surface area contributed by atoms with Crippen molar-refractivity contribution < 1.29 is 19.1 Å². The van der Waals surface area contributed by atoms with E-state index in [9.17, 15) is 9.59 Å². The molecule has 2 aromatic rings. The minimum Gasteiger partial charge on any atom is -0.443 e. The molecule has 0 saturated carbocycles. The Labute approximate surface area is 174 Å². The Hall–Kier alpha value is -2.54. The van der Waals surface area contributed by atoms with Gasteiger partial charge in [-0.15, -0.1) is 0 Å². The minimum atomic E-state index is -0.691. The molecule has 150 valence electrons. The van der Waals surface area contributed by atoms with Crippen LogP contribution in [0, 0.1) is 0 Å². The summed E-state index contributed by atoms with van der Waals surface area (Å²) in [5.41, 5.74) is 1.02. The minimum absolute atomic E-state index is 0.116. The molecule has 0 spiro atoms. The van der Waals surface area contributed by atoms with Crippen LogP contribution in [0.1, 0.15) is 31.9 Å². The number of hydrogen-bond donors (Lipinski definition) is 0. The molecule has 0 heterocycles. The molecule has 0 aromatic heterocycles. The third kappa shape index (κ3) is 6.88. The Morgan fingerprint density at radius 3 is 2.11 bits per heavy atom. The Bertz CT molecular complexity index is 788. The van der Waals surface area contributed by atoms with Gasteiger partial charge in [0.15, 0.2) is 0 Å². The third-order valence-corrected chi connectivity index (χ3v) is 4.21. The number of hydrogen-bond acceptors (Lipinski definition) is 4. The fourth-order valence-corrected chi connectivity index (χ4v) is 2.55. The summed E-state index contributed by atoms with van der Waals surface area (Å²) in [6.07, 6.45) is -1.28. The summed E-state index contributed by atoms with van der Waals surface area (Å²) in [5, 5.41) is 2.36. The van der Waals surface area contributed by atoms with E-state index in [1.54, 1.807) is 20.8 Å². The van der Waals surface area contributed by atoms with Crippen molar-refractivity contribution in [2.75, 3.05) is 7.05 Å². The Balaban J connectivity index is 2.12. The number of ether oxygens (including phenoxy) is 2. The lowest BCUT2D eigenvalue weighted by atomic mass is 10.2. The highest BCUT2D eigenvalue weighted by Crippen LogP contribution is 2.17. The van der Waals surface area contributed by atoms with E-state index in [2.05, 4.69) is 15.9 Å². The van der Waals surface area contributed by atoms with Crippen molar-refractivity contribution in [3.63, 3.8) is 0 Å². The first kappa shape index (κ1) is 21.8. The van der Waals surface area contributed by atoms with Gasteiger partial charge in [0, 0.05) is 11.5 Å². The third-order valence-electron chi connectivity index (χ3n) is 3.68. The molecule has 28 heavy (non-hydrogen) atoms. The van der Waals surface area contributed by atoms with Crippen LogP contribution in [0.25, 0.3) is 0 Å². The molecule has 0 unspecified atom stereocenters. The van der Waals surface area contributed by atoms with E-state index < -0.39 is 17.8 Å². The molecule has 0 N–H and O–H groups in total. The van der Waals surface area contributed by atoms with Crippen LogP contribution in [-0.2, 0) is 22.6 Å². The number of rotatable bonds is 4. The number of benzene rings is 2. The molecule has 2 aromatic carbocycles. The van der Waals surface area contributed by atoms with Gasteiger partial charge in [-0.05, 0) is 44.0 Å². The van der Waals surface area contributed by atoms with Crippen molar-refractivity contribution >= 4 is 28.1 Å². The van der Waals surface area contributed by atoms with Crippen LogP contribution < -0.4 is 0 Å². The lowest BCUT2D eigenvalue weighted by Gasteiger charge is -2.33. The number of halogens is 1. The van der Waals surface area contributed by atoms with Gasteiger partial charge in [0.05, 0.1) is 6.54 Å². The van der Waals surface area contributed by atoms with Crippen LogP contribution in [0.15, 0.2) is 59.1 Å². The van der Waals surface area contributed by atoms with E-state index in [0.29, 0.717) is 0 Å². The summed E-state index contributed by atoms with van der Waals surface area (Å²) < 4.78 is 11.7. The molecule has 6 nitrogen and oxygen atoms in total. The van der Waals surface area contributed by atoms with Gasteiger partial charge in [0.2, 0.25) is 0 Å². The molecule has 0 aliphatic rings. The second-order valence-electron chi connectivity index (χ2n) is 7.23. The predicted octanol–water partition coefficient (Wildman–Crippen LogP) is 5.37. The molecule has 2 amide bonds. The number of nitrogens with zero attached hydrogens (tertiary/aromatic N) is 2. The maximum Gasteiger partial charge on any atom is 0.429 e. The van der Waals surface area contributed by atoms with Crippen LogP contribution in [0.4, 0.5) is 9.59 Å². The van der Waals surface area contributed by atoms with Crippen molar-refractivity contribution in [3.8, 4) is 0 Å². The fourth-order valence-electron chi connectivity index (χ4n) is 2.28. The number of amides is 2. The van der Waals surface area contributed by atoms with E-state index >= 15 is 0 Å². The quantitative estimate of drug-likeness (QED) is 0.589. The van der Waals surface area contributed by atoms with Gasteiger partial charge < -0.3 is 9.47 Å². The molecule has 0 fully saturated rings. The van der Waals surface area contributed by atoms with E-state index in [1.807, 2.05) is 54.6 Å². The smallest absolute Gasteiger partial charge is 0.429 e. The fraction of sp³-hybridized carbons (Fsp3) is 0.333. The lowest BCUT2D eigenvalue weighted by molar-refractivity contribution is -0.0416. The maximum absolute atomic E-state index is 12.7. The summed E-state index contributed by atoms with van der Waals surface area (Å²) in [6.45, 7) is 5.60. The van der Waals surface area contributed by atoms with Gasteiger partial charge in [-0.2, -0.15) is 0 Å². The number of carbonyl (C=O) groups excluding carboxylic acids is 2. The first-order chi connectivity index (χ1) is 13.2. The average molecular weight is 449 g/mol. The Kier molecular flexibility index (Phi) is 7.45. The van der Waals surface area contributed by atoms with E-state index in [1.165, 1.54) is 12.1 Å². The van der Waals surface area contributed by atoms with Crippen molar-refractivity contribution in [2.45, 2.75) is 39.5 Å². The molecule has 0 aliphatic carbocycles. The van der Waals surface area contributed by atoms with Crippen LogP contribution in [0.2, 0.25) is 0 Å². The maximum atomic E-state index is 12.7. The van der Waals surface area contributed by atoms with Crippen molar-refractivity contribution in [2.24, 2.45) is 0 Å². The second kappa shape index (κ2) is 9.59. The average Bonchev–Trinajstić information content (AvgIpc) is 2.64. The monoisotopic (exact) mass is 448 g/mol. The van der Waals surface area contributed by atoms with Gasteiger partial charge >= 0.3 is 12.2 Å². The standard InChI is InChI=1S/C21H25BrN2O4/c1-21(2,3)28-20(26)24(14-16-10-12-18(22)13-11-16)23(4)19(25)27-15-17-8-6-5-7-9-17/h5-13H,14-15H2,1-4H3. The molecule has 0 atom stereocenters. The van der Waals surface area contributed by atoms with Crippen molar-refractivity contribution in [1.29, 1.82) is 0 Å². The van der Waals surface area contributed by atoms with Crippen LogP contribution in [-0.4, -0.2) is 34.9 Å². The second-order valence-corrected chi connectivity index (χ2v) is 8.14. The van der Waals surface area contributed by atoms with Crippen molar-refractivity contribution in [1.82, 2.24) is 10.0 Å². The first-order valence-corrected chi connectivity index (χ1v) is 9.64. The van der Waals surface area contributed by atoms with Crippen LogP contribution in [0.3, 0.4) is 0 Å². The van der Waals surface area contributed by atoms with E-state index in [0.717, 1.165) is 20.6 Å². The highest BCUT2D eigenvalue weighted by molar-refractivity contribution is 9.10. The number of carbonyl (C=O) groups is 2. The van der Waals surface area contributed by atoms with Crippen molar-refractivity contribution in [3.05, 3.63) is 70.2 Å². The highest BCUT2D eigenvalue weighted by atomic mass is 79.9. The van der Waals surface area contributed by atoms with Crippen LogP contribution >= 0.6 is 15.9 Å².